The highest BCUT2D eigenvalue weighted by Gasteiger charge is 2.57. The Morgan fingerprint density at radius 3 is 1.40 bits per heavy atom. The van der Waals surface area contributed by atoms with Crippen molar-refractivity contribution in [2.45, 2.75) is 30.8 Å². The highest BCUT2D eigenvalue weighted by molar-refractivity contribution is 6.96. The molecule has 0 aromatic heterocycles. The second-order valence-corrected chi connectivity index (χ2v) is 14.0. The minimum Gasteiger partial charge on any atom is -0.420 e. The summed E-state index contributed by atoms with van der Waals surface area (Å²) in [5, 5.41) is 0. The van der Waals surface area contributed by atoms with Crippen molar-refractivity contribution in [1.82, 2.24) is 0 Å². The van der Waals surface area contributed by atoms with Gasteiger partial charge in [0.15, 0.2) is 16.6 Å². The maximum Gasteiger partial charge on any atom is 0.199 e. The molecule has 1 rings (SSSR count). The van der Waals surface area contributed by atoms with E-state index < -0.39 is 16.6 Å². The van der Waals surface area contributed by atoms with Crippen LogP contribution in [0, 0.1) is 0 Å². The number of hydrogen-bond donors (Lipinski definition) is 0. The molecule has 86 valence electrons. The molecule has 0 saturated carbocycles. The first-order valence-corrected chi connectivity index (χ1v) is 11.1. The first-order chi connectivity index (χ1) is 6.83. The molecule has 0 unspecified atom stereocenters. The minimum atomic E-state index is -1.79. The summed E-state index contributed by atoms with van der Waals surface area (Å²) in [5.74, 6) is 0. The van der Waals surface area contributed by atoms with E-state index >= 15 is 0 Å². The molecule has 0 fully saturated rings. The highest BCUT2D eigenvalue weighted by atomic mass is 28.4. The van der Waals surface area contributed by atoms with Crippen LogP contribution in [-0.4, -0.2) is 30.9 Å². The fourth-order valence-corrected chi connectivity index (χ4v) is 11.4. The molecule has 15 heavy (non-hydrogen) atoms. The maximum absolute atomic E-state index is 5.80. The predicted molar refractivity (Wildman–Crippen MR) is 70.0 cm³/mol. The summed E-state index contributed by atoms with van der Waals surface area (Å²) >= 11 is 0. The third-order valence-corrected chi connectivity index (χ3v) is 14.1. The van der Waals surface area contributed by atoms with Gasteiger partial charge in [-0.2, -0.15) is 0 Å². The van der Waals surface area contributed by atoms with Crippen LogP contribution in [0.1, 0.15) is 0 Å². The Hall–Kier alpha value is -0.166. The fourth-order valence-electron chi connectivity index (χ4n) is 2.34. The van der Waals surface area contributed by atoms with Crippen molar-refractivity contribution >= 4 is 16.6 Å². The van der Waals surface area contributed by atoms with Crippen LogP contribution in [0.25, 0.3) is 0 Å². The van der Waals surface area contributed by atoms with E-state index in [4.69, 9.17) is 8.85 Å². The highest BCUT2D eigenvalue weighted by Crippen LogP contribution is 2.51. The monoisotopic (exact) mass is 242 g/mol. The van der Waals surface area contributed by atoms with Crippen molar-refractivity contribution in [1.29, 1.82) is 0 Å². The molecule has 1 aliphatic carbocycles. The van der Waals surface area contributed by atoms with Crippen LogP contribution in [-0.2, 0) is 8.85 Å². The van der Waals surface area contributed by atoms with Crippen molar-refractivity contribution in [2.24, 2.45) is 0 Å². The summed E-state index contributed by atoms with van der Waals surface area (Å²) in [7, 11) is 0.0795. The third kappa shape index (κ3) is 1.80. The van der Waals surface area contributed by atoms with Crippen molar-refractivity contribution in [3.05, 3.63) is 24.3 Å². The van der Waals surface area contributed by atoms with E-state index in [0.29, 0.717) is 0 Å². The Kier molecular flexibility index (Phi) is 3.45. The standard InChI is InChI=1S/C11H22O2Si2/c1-12-14(3,4)11(9-7-8-10-11)15(5,6)13-2/h7-10H,1-6H3. The van der Waals surface area contributed by atoms with Gasteiger partial charge in [0.05, 0.1) is 0 Å². The molecule has 0 N–H and O–H groups in total. The van der Waals surface area contributed by atoms with Crippen LogP contribution in [0.15, 0.2) is 24.3 Å². The summed E-state index contributed by atoms with van der Waals surface area (Å²) in [6.07, 6.45) is 8.83. The second kappa shape index (κ2) is 4.01. The molecule has 0 bridgehead atoms. The van der Waals surface area contributed by atoms with Crippen molar-refractivity contribution in [2.75, 3.05) is 14.2 Å². The molecule has 1 aliphatic rings. The average Bonchev–Trinajstić information content (AvgIpc) is 2.68. The quantitative estimate of drug-likeness (QED) is 0.705. The van der Waals surface area contributed by atoms with Crippen LogP contribution in [0.3, 0.4) is 0 Å². The Labute approximate surface area is 95.2 Å². The lowest BCUT2D eigenvalue weighted by Crippen LogP contribution is -2.57. The SMILES string of the molecule is CO[Si](C)(C)C1([Si](C)(C)OC)C=CC=C1. The van der Waals surface area contributed by atoms with Gasteiger partial charge in [0, 0.05) is 18.9 Å². The topological polar surface area (TPSA) is 18.5 Å². The largest absolute Gasteiger partial charge is 0.420 e. The van der Waals surface area contributed by atoms with Gasteiger partial charge in [0.2, 0.25) is 0 Å². The summed E-state index contributed by atoms with van der Waals surface area (Å²) in [6.45, 7) is 9.06. The molecule has 0 atom stereocenters. The molecule has 0 aromatic carbocycles. The average molecular weight is 242 g/mol. The van der Waals surface area contributed by atoms with Crippen LogP contribution in [0.2, 0.25) is 30.8 Å². The summed E-state index contributed by atoms with van der Waals surface area (Å²) < 4.78 is 11.7. The van der Waals surface area contributed by atoms with Crippen LogP contribution in [0.5, 0.6) is 0 Å². The maximum atomic E-state index is 5.80. The summed E-state index contributed by atoms with van der Waals surface area (Å²) in [5.41, 5.74) is 0. The lowest BCUT2D eigenvalue weighted by atomic mass is 10.4. The van der Waals surface area contributed by atoms with E-state index in [1.54, 1.807) is 0 Å². The predicted octanol–water partition coefficient (Wildman–Crippen LogP) is 3.10. The first kappa shape index (κ1) is 12.9. The van der Waals surface area contributed by atoms with Crippen molar-refractivity contribution in [3.8, 4) is 0 Å². The van der Waals surface area contributed by atoms with Crippen molar-refractivity contribution < 1.29 is 8.85 Å². The van der Waals surface area contributed by atoms with Gasteiger partial charge in [-0.3, -0.25) is 0 Å². The van der Waals surface area contributed by atoms with E-state index in [-0.39, 0.29) is 4.66 Å². The lowest BCUT2D eigenvalue weighted by Gasteiger charge is -2.47. The zero-order chi connectivity index (χ0) is 11.7. The van der Waals surface area contributed by atoms with E-state index in [0.717, 1.165) is 0 Å². The van der Waals surface area contributed by atoms with E-state index in [1.165, 1.54) is 0 Å². The van der Waals surface area contributed by atoms with Gasteiger partial charge in [-0.1, -0.05) is 24.3 Å². The molecule has 0 heterocycles. The Bertz CT molecular complexity index is 263. The molecule has 0 amide bonds. The molecule has 0 aliphatic heterocycles. The van der Waals surface area contributed by atoms with Gasteiger partial charge in [-0.25, -0.2) is 0 Å². The Balaban J connectivity index is 3.23. The van der Waals surface area contributed by atoms with Gasteiger partial charge in [0.25, 0.3) is 0 Å². The number of hydrogen-bond acceptors (Lipinski definition) is 2. The zero-order valence-electron chi connectivity index (χ0n) is 10.6. The normalized spacial score (nSPS) is 19.9. The minimum absolute atomic E-state index is 0.0590. The van der Waals surface area contributed by atoms with Crippen LogP contribution >= 0.6 is 0 Å². The van der Waals surface area contributed by atoms with Gasteiger partial charge in [-0.15, -0.1) is 0 Å². The Morgan fingerprint density at radius 1 is 0.800 bits per heavy atom. The van der Waals surface area contributed by atoms with Gasteiger partial charge in [-0.05, 0) is 26.2 Å². The van der Waals surface area contributed by atoms with Crippen LogP contribution < -0.4 is 0 Å². The molecule has 0 saturated heterocycles. The summed E-state index contributed by atoms with van der Waals surface area (Å²) in [6, 6.07) is 0. The number of rotatable bonds is 4. The molecular weight excluding hydrogens is 220 g/mol. The fraction of sp³-hybridized carbons (Fsp3) is 0.636. The molecule has 0 spiro atoms. The molecule has 0 radical (unpaired) electrons. The lowest BCUT2D eigenvalue weighted by molar-refractivity contribution is 0.367. The van der Waals surface area contributed by atoms with Crippen molar-refractivity contribution in [3.63, 3.8) is 0 Å². The van der Waals surface area contributed by atoms with Gasteiger partial charge >= 0.3 is 0 Å². The first-order valence-electron chi connectivity index (χ1n) is 5.30. The smallest absolute Gasteiger partial charge is 0.199 e. The summed E-state index contributed by atoms with van der Waals surface area (Å²) in [4.78, 5) is 0. The molecule has 4 heteroatoms. The van der Waals surface area contributed by atoms with Gasteiger partial charge in [0.1, 0.15) is 0 Å². The number of allylic oxidation sites excluding steroid dienone is 4. The van der Waals surface area contributed by atoms with E-state index in [1.807, 2.05) is 14.2 Å². The zero-order valence-corrected chi connectivity index (χ0v) is 12.6. The van der Waals surface area contributed by atoms with E-state index in [2.05, 4.69) is 50.5 Å². The van der Waals surface area contributed by atoms with E-state index in [9.17, 15) is 0 Å². The Morgan fingerprint density at radius 2 is 1.13 bits per heavy atom. The molecule has 0 aromatic rings. The third-order valence-electron chi connectivity index (χ3n) is 3.84. The molecule has 2 nitrogen and oxygen atoms in total. The second-order valence-electron chi connectivity index (χ2n) is 5.02. The molecular formula is C11H22O2Si2. The van der Waals surface area contributed by atoms with Crippen LogP contribution in [0.4, 0.5) is 0 Å². The van der Waals surface area contributed by atoms with Gasteiger partial charge < -0.3 is 8.85 Å².